The molecule has 0 saturated heterocycles. The summed E-state index contributed by atoms with van der Waals surface area (Å²) in [6, 6.07) is 48.6. The molecule has 2 heterocycles. The number of rotatable bonds is 12. The molecule has 0 aliphatic heterocycles. The molecule has 0 fully saturated rings. The van der Waals surface area contributed by atoms with Crippen molar-refractivity contribution in [2.45, 2.75) is 25.7 Å². The standard InChI is InChI=1S/C54H44N8/c1-3-14-43(4-2)59(49-33-35-51-53(37-49)57-61(55-51)47-17-10-6-11-18-47)45-29-25-41(26-30-45)39-21-23-40(24-22-39)42-27-31-46(32-28-42)60(44-15-8-5-9-16-44)50-34-36-52-54(38-50)58-62(56-52)48-19-12-7-13-20-48/h3-4,6,8,10-12,14-38H,1-2,5,7,9,13H2/b43-14+. The summed E-state index contributed by atoms with van der Waals surface area (Å²) < 4.78 is 0. The fraction of sp³-hybridized carbons (Fsp3) is 0.0741. The van der Waals surface area contributed by atoms with Gasteiger partial charge in [0.2, 0.25) is 0 Å². The maximum atomic E-state index is 4.87. The van der Waals surface area contributed by atoms with E-state index in [1.807, 2.05) is 48.6 Å². The minimum atomic E-state index is 0.797. The number of aromatic nitrogens is 6. The van der Waals surface area contributed by atoms with Crippen LogP contribution in [0.5, 0.6) is 0 Å². The third-order valence-corrected chi connectivity index (χ3v) is 11.2. The van der Waals surface area contributed by atoms with Crippen molar-refractivity contribution in [2.75, 3.05) is 9.80 Å². The number of benzene rings is 6. The molecule has 2 aromatic heterocycles. The minimum absolute atomic E-state index is 0.797. The van der Waals surface area contributed by atoms with Crippen molar-refractivity contribution < 1.29 is 0 Å². The van der Waals surface area contributed by atoms with Crippen LogP contribution in [-0.2, 0) is 0 Å². The Bertz CT molecular complexity index is 3090. The van der Waals surface area contributed by atoms with E-state index in [1.54, 1.807) is 15.7 Å². The number of nitrogens with zero attached hydrogens (tertiary/aromatic N) is 8. The van der Waals surface area contributed by atoms with E-state index in [4.69, 9.17) is 20.4 Å². The summed E-state index contributed by atoms with van der Waals surface area (Å²) >= 11 is 0. The first-order valence-corrected chi connectivity index (χ1v) is 21.0. The number of allylic oxidation sites excluding steroid dienone is 10. The topological polar surface area (TPSA) is 67.9 Å². The molecule has 0 spiro atoms. The molecule has 62 heavy (non-hydrogen) atoms. The fourth-order valence-electron chi connectivity index (χ4n) is 8.10. The van der Waals surface area contributed by atoms with Crippen molar-refractivity contribution in [3.63, 3.8) is 0 Å². The Balaban J connectivity index is 0.896. The lowest BCUT2D eigenvalue weighted by molar-refractivity contribution is 0.766. The van der Waals surface area contributed by atoms with E-state index < -0.39 is 0 Å². The summed E-state index contributed by atoms with van der Waals surface area (Å²) in [7, 11) is 0. The highest BCUT2D eigenvalue weighted by Gasteiger charge is 2.18. The molecule has 0 unspecified atom stereocenters. The highest BCUT2D eigenvalue weighted by molar-refractivity contribution is 5.85. The summed E-state index contributed by atoms with van der Waals surface area (Å²) in [4.78, 5) is 7.90. The van der Waals surface area contributed by atoms with E-state index in [0.29, 0.717) is 0 Å². The molecule has 0 bridgehead atoms. The number of hydrogen-bond acceptors (Lipinski definition) is 6. The first kappa shape index (κ1) is 38.1. The van der Waals surface area contributed by atoms with Gasteiger partial charge in [0.25, 0.3) is 0 Å². The number of anilines is 4. The molecule has 2 aliphatic rings. The summed E-state index contributed by atoms with van der Waals surface area (Å²) in [5.74, 6) is 0. The van der Waals surface area contributed by atoms with Crippen LogP contribution >= 0.6 is 0 Å². The lowest BCUT2D eigenvalue weighted by Gasteiger charge is -2.27. The van der Waals surface area contributed by atoms with Crippen molar-refractivity contribution >= 4 is 50.5 Å². The molecule has 6 aromatic carbocycles. The van der Waals surface area contributed by atoms with Crippen LogP contribution in [0, 0.1) is 0 Å². The van der Waals surface area contributed by atoms with Crippen LogP contribution in [0.2, 0.25) is 0 Å². The van der Waals surface area contributed by atoms with Gasteiger partial charge < -0.3 is 9.80 Å². The van der Waals surface area contributed by atoms with Gasteiger partial charge in [0.15, 0.2) is 0 Å². The average molecular weight is 805 g/mol. The zero-order valence-electron chi connectivity index (χ0n) is 34.3. The molecule has 300 valence electrons. The third-order valence-electron chi connectivity index (χ3n) is 11.2. The van der Waals surface area contributed by atoms with E-state index in [9.17, 15) is 0 Å². The van der Waals surface area contributed by atoms with Crippen molar-refractivity contribution in [1.82, 2.24) is 30.0 Å². The normalized spacial score (nSPS) is 13.8. The van der Waals surface area contributed by atoms with Crippen LogP contribution in [0.1, 0.15) is 25.7 Å². The number of fused-ring (bicyclic) bond motifs is 2. The van der Waals surface area contributed by atoms with E-state index >= 15 is 0 Å². The molecular formula is C54H44N8. The van der Waals surface area contributed by atoms with Gasteiger partial charge in [-0.1, -0.05) is 110 Å². The van der Waals surface area contributed by atoms with Gasteiger partial charge in [-0.2, -0.15) is 9.59 Å². The van der Waals surface area contributed by atoms with Crippen LogP contribution in [0.4, 0.5) is 22.7 Å². The van der Waals surface area contributed by atoms with Crippen molar-refractivity contribution in [3.05, 3.63) is 219 Å². The van der Waals surface area contributed by atoms with Gasteiger partial charge in [-0.15, -0.1) is 20.4 Å². The second kappa shape index (κ2) is 16.9. The molecule has 0 N–H and O–H groups in total. The molecule has 2 aliphatic carbocycles. The Kier molecular flexibility index (Phi) is 10.4. The highest BCUT2D eigenvalue weighted by atomic mass is 15.5. The molecule has 0 radical (unpaired) electrons. The van der Waals surface area contributed by atoms with Crippen LogP contribution in [-0.4, -0.2) is 30.0 Å². The first-order chi connectivity index (χ1) is 30.6. The largest absolute Gasteiger partial charge is 0.311 e. The van der Waals surface area contributed by atoms with E-state index in [0.717, 1.165) is 116 Å². The maximum Gasteiger partial charge on any atom is 0.115 e. The van der Waals surface area contributed by atoms with Gasteiger partial charge in [0.05, 0.1) is 11.4 Å². The zero-order valence-corrected chi connectivity index (χ0v) is 34.3. The molecule has 0 amide bonds. The van der Waals surface area contributed by atoms with Gasteiger partial charge >= 0.3 is 0 Å². The fourth-order valence-corrected chi connectivity index (χ4v) is 8.10. The minimum Gasteiger partial charge on any atom is -0.311 e. The lowest BCUT2D eigenvalue weighted by Crippen LogP contribution is -2.16. The van der Waals surface area contributed by atoms with Gasteiger partial charge in [0, 0.05) is 34.1 Å². The van der Waals surface area contributed by atoms with Crippen LogP contribution in [0.15, 0.2) is 219 Å². The van der Waals surface area contributed by atoms with Crippen molar-refractivity contribution in [2.24, 2.45) is 0 Å². The monoisotopic (exact) mass is 804 g/mol. The van der Waals surface area contributed by atoms with Gasteiger partial charge in [-0.25, -0.2) is 0 Å². The van der Waals surface area contributed by atoms with E-state index in [2.05, 4.69) is 163 Å². The van der Waals surface area contributed by atoms with E-state index in [1.165, 1.54) is 0 Å². The summed E-state index contributed by atoms with van der Waals surface area (Å²) in [5, 5.41) is 19.1. The molecule has 8 aromatic rings. The predicted octanol–water partition coefficient (Wildman–Crippen LogP) is 13.5. The first-order valence-electron chi connectivity index (χ1n) is 21.0. The lowest BCUT2D eigenvalue weighted by atomic mass is 9.99. The summed E-state index contributed by atoms with van der Waals surface area (Å²) in [6.45, 7) is 8.09. The van der Waals surface area contributed by atoms with Crippen molar-refractivity contribution in [1.29, 1.82) is 0 Å². The number of hydrogen-bond donors (Lipinski definition) is 0. The van der Waals surface area contributed by atoms with Crippen LogP contribution in [0.25, 0.3) is 55.7 Å². The molecule has 0 saturated carbocycles. The maximum absolute atomic E-state index is 4.87. The average Bonchev–Trinajstić information content (AvgIpc) is 3.98. The third kappa shape index (κ3) is 7.61. The molecule has 0 atom stereocenters. The highest BCUT2D eigenvalue weighted by Crippen LogP contribution is 2.37. The quantitative estimate of drug-likeness (QED) is 0.115. The van der Waals surface area contributed by atoms with Gasteiger partial charge in [-0.3, -0.25) is 0 Å². The Morgan fingerprint density at radius 2 is 1.03 bits per heavy atom. The molecular weight excluding hydrogens is 761 g/mol. The second-order valence-electron chi connectivity index (χ2n) is 15.3. The Hall–Kier alpha value is -8.10. The van der Waals surface area contributed by atoms with E-state index in [-0.39, 0.29) is 0 Å². The predicted molar refractivity (Wildman–Crippen MR) is 256 cm³/mol. The summed E-state index contributed by atoms with van der Waals surface area (Å²) in [6.07, 6.45) is 22.9. The Morgan fingerprint density at radius 3 is 1.63 bits per heavy atom. The molecule has 10 rings (SSSR count). The molecule has 8 nitrogen and oxygen atoms in total. The van der Waals surface area contributed by atoms with Crippen LogP contribution < -0.4 is 9.80 Å². The second-order valence-corrected chi connectivity index (χ2v) is 15.3. The van der Waals surface area contributed by atoms with Gasteiger partial charge in [0.1, 0.15) is 22.1 Å². The van der Waals surface area contributed by atoms with Crippen LogP contribution in [0.3, 0.4) is 0 Å². The summed E-state index contributed by atoms with van der Waals surface area (Å²) in [5.41, 5.74) is 16.0. The number of para-hydroxylation sites is 1. The smallest absolute Gasteiger partial charge is 0.115 e. The van der Waals surface area contributed by atoms with Gasteiger partial charge in [-0.05, 0) is 145 Å². The Labute approximate surface area is 361 Å². The molecule has 8 heteroatoms. The zero-order chi connectivity index (χ0) is 41.8. The SMILES string of the molecule is C=C/C=C(\C=C)N(c1ccc(-c2ccc(-c3ccc(N(C4=CCCC=C4)c4ccc5nn(C6=CCCC=C6)nc5c4)cc3)cc2)cc1)c1ccc2nn(-c3ccccc3)nc2c1. The Morgan fingerprint density at radius 1 is 0.500 bits per heavy atom. The van der Waals surface area contributed by atoms with Crippen molar-refractivity contribution in [3.8, 4) is 27.9 Å².